The van der Waals surface area contributed by atoms with Gasteiger partial charge in [0.05, 0.1) is 0 Å². The number of hydrogen-bond acceptors (Lipinski definition) is 4. The molecule has 17 heavy (non-hydrogen) atoms. The molecule has 0 saturated carbocycles. The van der Waals surface area contributed by atoms with E-state index < -0.39 is 0 Å². The van der Waals surface area contributed by atoms with Crippen molar-refractivity contribution in [1.29, 1.82) is 0 Å². The van der Waals surface area contributed by atoms with E-state index in [1.54, 1.807) is 0 Å². The van der Waals surface area contributed by atoms with Crippen LogP contribution in [0.15, 0.2) is 0 Å². The first-order valence-corrected chi connectivity index (χ1v) is 7.02. The fourth-order valence-electron chi connectivity index (χ4n) is 2.41. The predicted molar refractivity (Wildman–Crippen MR) is 70.0 cm³/mol. The van der Waals surface area contributed by atoms with Crippen LogP contribution in [-0.4, -0.2) is 49.1 Å². The van der Waals surface area contributed by atoms with Crippen LogP contribution in [0, 0.1) is 5.92 Å². The zero-order valence-corrected chi connectivity index (χ0v) is 10.8. The molecule has 2 rings (SSSR count). The second-order valence-corrected chi connectivity index (χ2v) is 5.05. The van der Waals surface area contributed by atoms with Crippen molar-refractivity contribution in [3.05, 3.63) is 0 Å². The van der Waals surface area contributed by atoms with E-state index in [-0.39, 0.29) is 0 Å². The Labute approximate surface area is 105 Å². The van der Waals surface area contributed by atoms with Gasteiger partial charge in [0.15, 0.2) is 0 Å². The Balaban J connectivity index is 0.000000171. The summed E-state index contributed by atoms with van der Waals surface area (Å²) in [5, 5.41) is 23.8. The molecule has 2 unspecified atom stereocenters. The summed E-state index contributed by atoms with van der Waals surface area (Å²) in [6, 6.07) is 0.601. The summed E-state index contributed by atoms with van der Waals surface area (Å²) in [4.78, 5) is 0. The molecule has 2 saturated heterocycles. The molecule has 4 heteroatoms. The molecule has 0 aliphatic carbocycles. The molecule has 2 aliphatic heterocycles. The molecule has 0 aromatic rings. The Morgan fingerprint density at radius 1 is 1.00 bits per heavy atom. The van der Waals surface area contributed by atoms with Crippen molar-refractivity contribution >= 4 is 0 Å². The number of hydrogen-bond donors (Lipinski definition) is 4. The van der Waals surface area contributed by atoms with Gasteiger partial charge in [-0.25, -0.2) is 0 Å². The highest BCUT2D eigenvalue weighted by molar-refractivity contribution is 4.71. The van der Waals surface area contributed by atoms with Crippen LogP contribution in [0.1, 0.15) is 38.5 Å². The molecule has 2 fully saturated rings. The summed E-state index contributed by atoms with van der Waals surface area (Å²) in [5.41, 5.74) is 0. The van der Waals surface area contributed by atoms with Crippen LogP contribution in [0.4, 0.5) is 0 Å². The van der Waals surface area contributed by atoms with Crippen LogP contribution in [0.5, 0.6) is 0 Å². The summed E-state index contributed by atoms with van der Waals surface area (Å²) in [7, 11) is 0. The molecule has 0 spiro atoms. The second-order valence-electron chi connectivity index (χ2n) is 5.05. The number of aliphatic hydroxyl groups is 2. The molecular formula is C13H28N2O2. The minimum atomic E-state index is 0.331. The molecule has 0 amide bonds. The van der Waals surface area contributed by atoms with Crippen LogP contribution in [0.2, 0.25) is 0 Å². The summed E-state index contributed by atoms with van der Waals surface area (Å²) < 4.78 is 0. The first kappa shape index (κ1) is 14.9. The van der Waals surface area contributed by atoms with Crippen molar-refractivity contribution < 1.29 is 10.2 Å². The lowest BCUT2D eigenvalue weighted by atomic mass is 10.0. The molecule has 0 bridgehead atoms. The topological polar surface area (TPSA) is 64.5 Å². The van der Waals surface area contributed by atoms with Gasteiger partial charge in [0.2, 0.25) is 0 Å². The lowest BCUT2D eigenvalue weighted by Gasteiger charge is -2.22. The Morgan fingerprint density at radius 3 is 2.35 bits per heavy atom. The summed E-state index contributed by atoms with van der Waals surface area (Å²) in [6.07, 6.45) is 7.24. The van der Waals surface area contributed by atoms with Crippen LogP contribution < -0.4 is 10.6 Å². The average molecular weight is 244 g/mol. The van der Waals surface area contributed by atoms with E-state index in [0.717, 1.165) is 26.1 Å². The number of piperidine rings is 2. The normalized spacial score (nSPS) is 29.3. The summed E-state index contributed by atoms with van der Waals surface area (Å²) >= 11 is 0. The summed E-state index contributed by atoms with van der Waals surface area (Å²) in [6.45, 7) is 3.97. The molecule has 2 heterocycles. The fourth-order valence-corrected chi connectivity index (χ4v) is 2.41. The SMILES string of the molecule is OCC1CCCNC1.OCCC1CCCCN1. The molecule has 0 aromatic carbocycles. The number of rotatable bonds is 3. The molecule has 2 aliphatic rings. The largest absolute Gasteiger partial charge is 0.396 e. The van der Waals surface area contributed by atoms with Gasteiger partial charge in [-0.1, -0.05) is 6.42 Å². The van der Waals surface area contributed by atoms with Gasteiger partial charge in [-0.3, -0.25) is 0 Å². The lowest BCUT2D eigenvalue weighted by Crippen LogP contribution is -2.34. The molecular weight excluding hydrogens is 216 g/mol. The maximum Gasteiger partial charge on any atom is 0.0471 e. The standard InChI is InChI=1S/C7H15NO.C6H13NO/c9-6-4-7-3-1-2-5-8-7;8-5-6-2-1-3-7-4-6/h7-9H,1-6H2;6-8H,1-5H2. The zero-order chi connectivity index (χ0) is 12.3. The van der Waals surface area contributed by atoms with Crippen LogP contribution in [0.3, 0.4) is 0 Å². The van der Waals surface area contributed by atoms with Crippen LogP contribution in [0.25, 0.3) is 0 Å². The predicted octanol–water partition coefficient (Wildman–Crippen LogP) is 0.489. The van der Waals surface area contributed by atoms with E-state index in [4.69, 9.17) is 10.2 Å². The van der Waals surface area contributed by atoms with E-state index in [1.807, 2.05) is 0 Å². The smallest absolute Gasteiger partial charge is 0.0471 e. The monoisotopic (exact) mass is 244 g/mol. The van der Waals surface area contributed by atoms with Crippen molar-refractivity contribution in [3.8, 4) is 0 Å². The highest BCUT2D eigenvalue weighted by Gasteiger charge is 2.10. The quantitative estimate of drug-likeness (QED) is 0.583. The highest BCUT2D eigenvalue weighted by atomic mass is 16.3. The van der Waals surface area contributed by atoms with Gasteiger partial charge in [-0.05, 0) is 51.1 Å². The minimum Gasteiger partial charge on any atom is -0.396 e. The van der Waals surface area contributed by atoms with E-state index in [1.165, 1.54) is 32.1 Å². The van der Waals surface area contributed by atoms with E-state index in [0.29, 0.717) is 25.2 Å². The van der Waals surface area contributed by atoms with Crippen molar-refractivity contribution in [2.45, 2.75) is 44.6 Å². The first-order valence-electron chi connectivity index (χ1n) is 7.02. The van der Waals surface area contributed by atoms with E-state index in [9.17, 15) is 0 Å². The molecule has 2 atom stereocenters. The van der Waals surface area contributed by atoms with Gasteiger partial charge < -0.3 is 20.8 Å². The number of nitrogens with one attached hydrogen (secondary N) is 2. The molecule has 0 radical (unpaired) electrons. The average Bonchev–Trinajstić information content (AvgIpc) is 2.42. The Morgan fingerprint density at radius 2 is 1.88 bits per heavy atom. The van der Waals surface area contributed by atoms with Crippen molar-refractivity contribution in [2.24, 2.45) is 5.92 Å². The van der Waals surface area contributed by atoms with Crippen molar-refractivity contribution in [2.75, 3.05) is 32.8 Å². The molecule has 0 aromatic heterocycles. The molecule has 102 valence electrons. The highest BCUT2D eigenvalue weighted by Crippen LogP contribution is 2.08. The Kier molecular flexibility index (Phi) is 8.61. The minimum absolute atomic E-state index is 0.331. The third kappa shape index (κ3) is 6.99. The third-order valence-electron chi connectivity index (χ3n) is 3.55. The first-order chi connectivity index (χ1) is 8.36. The van der Waals surface area contributed by atoms with Gasteiger partial charge in [0.1, 0.15) is 0 Å². The Hall–Kier alpha value is -0.160. The van der Waals surface area contributed by atoms with Gasteiger partial charge >= 0.3 is 0 Å². The van der Waals surface area contributed by atoms with Crippen molar-refractivity contribution in [1.82, 2.24) is 10.6 Å². The fraction of sp³-hybridized carbons (Fsp3) is 1.00. The van der Waals surface area contributed by atoms with Crippen LogP contribution >= 0.6 is 0 Å². The van der Waals surface area contributed by atoms with Crippen molar-refractivity contribution in [3.63, 3.8) is 0 Å². The third-order valence-corrected chi connectivity index (χ3v) is 3.55. The van der Waals surface area contributed by atoms with Crippen LogP contribution in [-0.2, 0) is 0 Å². The Bertz CT molecular complexity index is 164. The number of aliphatic hydroxyl groups excluding tert-OH is 2. The van der Waals surface area contributed by atoms with E-state index >= 15 is 0 Å². The summed E-state index contributed by atoms with van der Waals surface area (Å²) in [5.74, 6) is 0.531. The zero-order valence-electron chi connectivity index (χ0n) is 10.8. The van der Waals surface area contributed by atoms with Gasteiger partial charge in [-0.15, -0.1) is 0 Å². The molecule has 4 nitrogen and oxygen atoms in total. The second kappa shape index (κ2) is 9.83. The molecule has 4 N–H and O–H groups in total. The maximum absolute atomic E-state index is 8.65. The van der Waals surface area contributed by atoms with Gasteiger partial charge in [-0.2, -0.15) is 0 Å². The lowest BCUT2D eigenvalue weighted by molar-refractivity contribution is 0.199. The van der Waals surface area contributed by atoms with E-state index in [2.05, 4.69) is 10.6 Å². The van der Waals surface area contributed by atoms with Gasteiger partial charge in [0, 0.05) is 25.8 Å². The van der Waals surface area contributed by atoms with Gasteiger partial charge in [0.25, 0.3) is 0 Å². The maximum atomic E-state index is 8.65.